The molecule has 10 nitrogen and oxygen atoms in total. The van der Waals surface area contributed by atoms with Crippen molar-refractivity contribution in [2.24, 2.45) is 40.9 Å². The molecule has 12 rings (SSSR count). The number of aromatic nitrogens is 8. The number of halogens is 3. The number of anilines is 1. The van der Waals surface area contributed by atoms with Gasteiger partial charge in [-0.15, -0.1) is 0 Å². The molecule has 0 spiro atoms. The monoisotopic (exact) mass is 629 g/mol. The van der Waals surface area contributed by atoms with E-state index in [1.807, 2.05) is 25.3 Å². The first kappa shape index (κ1) is 26.3. The molecule has 8 aliphatic carbocycles. The Kier molecular flexibility index (Phi) is 4.49. The number of alkyl halides is 3. The van der Waals surface area contributed by atoms with Crippen LogP contribution in [0.1, 0.15) is 74.5 Å². The van der Waals surface area contributed by atoms with E-state index in [2.05, 4.69) is 24.8 Å². The average molecular weight is 630 g/mol. The lowest BCUT2D eigenvalue weighted by Crippen LogP contribution is -3.12. The summed E-state index contributed by atoms with van der Waals surface area (Å²) in [6, 6.07) is 0.343. The third-order valence-corrected chi connectivity index (χ3v) is 13.2. The van der Waals surface area contributed by atoms with Crippen molar-refractivity contribution < 1.29 is 17.9 Å². The normalized spacial score (nSPS) is 35.7. The number of nitrogens with zero attached hydrogens (tertiary/aromatic N) is 8. The van der Waals surface area contributed by atoms with Crippen molar-refractivity contribution in [1.82, 2.24) is 39.5 Å². The van der Waals surface area contributed by atoms with Gasteiger partial charge in [0, 0.05) is 36.2 Å². The van der Waals surface area contributed by atoms with Crippen molar-refractivity contribution in [3.05, 3.63) is 35.6 Å². The standard InChI is InChI=1S/C33H34F3N9O/c1-12(2)44-9-16(33(34,35)36)41-30(44)32-21-18-22(32)20-23(32)19(21)31(18,20)10-45(15-7-8-15)28-25-27(40-13(3)39-25)42-26(43-28)17-24(14-5-6-14)37-11-38-29(17)46-4/h9,11-12,14-15,18-23H,5-8,10H2,1-4H3,(H,39,40,42,43). The molecular weight excluding hydrogens is 595 g/mol. The number of aryl methyl sites for hydroxylation is 1. The minimum atomic E-state index is -4.43. The van der Waals surface area contributed by atoms with E-state index in [-0.39, 0.29) is 16.9 Å². The van der Waals surface area contributed by atoms with Gasteiger partial charge in [-0.1, -0.05) is 0 Å². The van der Waals surface area contributed by atoms with Crippen LogP contribution in [-0.4, -0.2) is 59.2 Å². The SMILES string of the molecule is COc1ncnc(C2CC2)c1-c1nc(N(CC23C4C5C2C2C3C4C52c2nc(C(F)(F)F)cn2C(C)C)C2CC2)c2[nH]c(C)nc2n1. The second kappa shape index (κ2) is 7.84. The van der Waals surface area contributed by atoms with Crippen LogP contribution < -0.4 is 9.64 Å². The van der Waals surface area contributed by atoms with Crippen LogP contribution in [0.5, 0.6) is 5.88 Å². The van der Waals surface area contributed by atoms with Gasteiger partial charge in [0.1, 0.15) is 29.1 Å². The van der Waals surface area contributed by atoms with E-state index in [0.29, 0.717) is 70.6 Å². The highest BCUT2D eigenvalue weighted by Gasteiger charge is 3.10. The minimum Gasteiger partial charge on any atom is -0.480 e. The highest BCUT2D eigenvalue weighted by Crippen LogP contribution is 3.09. The summed E-state index contributed by atoms with van der Waals surface area (Å²) in [7, 11) is 1.62. The van der Waals surface area contributed by atoms with E-state index < -0.39 is 11.9 Å². The third-order valence-electron chi connectivity index (χ3n) is 13.2. The van der Waals surface area contributed by atoms with Crippen LogP contribution in [-0.2, 0) is 11.6 Å². The zero-order valence-electron chi connectivity index (χ0n) is 26.0. The lowest BCUT2D eigenvalue weighted by molar-refractivity contribution is -0.627. The van der Waals surface area contributed by atoms with E-state index in [9.17, 15) is 13.2 Å². The number of H-pyrrole nitrogens is 1. The Balaban J connectivity index is 0.965. The third kappa shape index (κ3) is 2.71. The summed E-state index contributed by atoms with van der Waals surface area (Å²) in [6.07, 6.45) is 2.75. The molecule has 4 aromatic heterocycles. The van der Waals surface area contributed by atoms with Gasteiger partial charge in [-0.3, -0.25) is 0 Å². The van der Waals surface area contributed by atoms with E-state index in [1.54, 1.807) is 13.4 Å². The molecule has 0 aromatic carbocycles. The summed E-state index contributed by atoms with van der Waals surface area (Å²) >= 11 is 0. The molecule has 0 amide bonds. The molecule has 238 valence electrons. The molecule has 13 heteroatoms. The minimum absolute atomic E-state index is 0.0557. The molecule has 46 heavy (non-hydrogen) atoms. The lowest BCUT2D eigenvalue weighted by Gasteiger charge is -3.11. The quantitative estimate of drug-likeness (QED) is 0.260. The van der Waals surface area contributed by atoms with Crippen molar-refractivity contribution in [3.63, 3.8) is 0 Å². The second-order valence-corrected chi connectivity index (χ2v) is 15.3. The zero-order chi connectivity index (χ0) is 31.2. The molecule has 0 atom stereocenters. The van der Waals surface area contributed by atoms with E-state index >= 15 is 0 Å². The van der Waals surface area contributed by atoms with Crippen molar-refractivity contribution in [1.29, 1.82) is 0 Å². The fraction of sp³-hybridized carbons (Fsp3) is 0.636. The number of aromatic amines is 1. The maximum Gasteiger partial charge on any atom is 0.434 e. The maximum atomic E-state index is 13.8. The van der Waals surface area contributed by atoms with Gasteiger partial charge in [-0.2, -0.15) is 13.2 Å². The van der Waals surface area contributed by atoms with Crippen LogP contribution in [0.2, 0.25) is 0 Å². The predicted molar refractivity (Wildman–Crippen MR) is 159 cm³/mol. The fourth-order valence-corrected chi connectivity index (χ4v) is 11.5. The molecular formula is C33H34F3N9O. The van der Waals surface area contributed by atoms with E-state index in [1.165, 1.54) is 6.20 Å². The van der Waals surface area contributed by atoms with E-state index in [0.717, 1.165) is 60.6 Å². The highest BCUT2D eigenvalue weighted by atomic mass is 19.4. The number of hydrogen-bond donors (Lipinski definition) is 1. The molecule has 0 radical (unpaired) electrons. The van der Waals surface area contributed by atoms with Crippen LogP contribution in [0.4, 0.5) is 19.0 Å². The number of fused-ring (bicyclic) bond motifs is 1. The molecule has 0 saturated heterocycles. The Morgan fingerprint density at radius 3 is 2.33 bits per heavy atom. The van der Waals surface area contributed by atoms with Crippen LogP contribution >= 0.6 is 0 Å². The summed E-state index contributed by atoms with van der Waals surface area (Å²) < 4.78 is 48.8. The van der Waals surface area contributed by atoms with E-state index in [4.69, 9.17) is 19.7 Å². The van der Waals surface area contributed by atoms with Gasteiger partial charge >= 0.3 is 6.18 Å². The molecule has 0 bridgehead atoms. The molecule has 8 aliphatic rings. The Labute approximate surface area is 262 Å². The highest BCUT2D eigenvalue weighted by molar-refractivity contribution is 5.87. The molecule has 0 aliphatic heterocycles. The van der Waals surface area contributed by atoms with Crippen molar-refractivity contribution in [2.75, 3.05) is 18.6 Å². The number of ether oxygens (including phenoxy) is 1. The number of imidazole rings is 2. The van der Waals surface area contributed by atoms with Crippen molar-refractivity contribution in [2.45, 2.75) is 76.0 Å². The van der Waals surface area contributed by atoms with Crippen LogP contribution in [0.3, 0.4) is 0 Å². The summed E-state index contributed by atoms with van der Waals surface area (Å²) in [6.45, 7) is 6.78. The number of hydrogen-bond acceptors (Lipinski definition) is 8. The molecule has 8 saturated carbocycles. The topological polar surface area (TPSA) is 111 Å². The molecule has 8 fully saturated rings. The van der Waals surface area contributed by atoms with Crippen molar-refractivity contribution in [3.8, 4) is 17.3 Å². The summed E-state index contributed by atoms with van der Waals surface area (Å²) in [5.41, 5.74) is 2.51. The summed E-state index contributed by atoms with van der Waals surface area (Å²) in [5, 5.41) is 0. The Hall–Kier alpha value is -3.77. The lowest BCUT2D eigenvalue weighted by atomic mass is 8.92. The van der Waals surface area contributed by atoms with Gasteiger partial charge in [-0.25, -0.2) is 29.9 Å². The fourth-order valence-electron chi connectivity index (χ4n) is 11.5. The molecule has 4 aromatic rings. The van der Waals surface area contributed by atoms with Gasteiger partial charge < -0.3 is 19.2 Å². The van der Waals surface area contributed by atoms with Gasteiger partial charge in [0.05, 0.1) is 12.8 Å². The first-order chi connectivity index (χ1) is 22.1. The molecule has 1 N–H and O–H groups in total. The van der Waals surface area contributed by atoms with Gasteiger partial charge in [0.15, 0.2) is 23.0 Å². The molecule has 4 heterocycles. The molecule has 0 unspecified atom stereocenters. The number of nitrogens with one attached hydrogen (secondary N) is 1. The van der Waals surface area contributed by atoms with Gasteiger partial charge in [-0.05, 0) is 87.4 Å². The van der Waals surface area contributed by atoms with Gasteiger partial charge in [0.25, 0.3) is 0 Å². The Morgan fingerprint density at radius 1 is 1.00 bits per heavy atom. The smallest absolute Gasteiger partial charge is 0.434 e. The first-order valence-corrected chi connectivity index (χ1v) is 16.7. The first-order valence-electron chi connectivity index (χ1n) is 16.7. The van der Waals surface area contributed by atoms with Crippen LogP contribution in [0.25, 0.3) is 22.6 Å². The van der Waals surface area contributed by atoms with Crippen molar-refractivity contribution >= 4 is 17.0 Å². The van der Waals surface area contributed by atoms with Gasteiger partial charge in [0.2, 0.25) is 5.88 Å². The second-order valence-electron chi connectivity index (χ2n) is 15.3. The Bertz CT molecular complexity index is 1950. The average Bonchev–Trinajstić information content (AvgIpc) is 3.96. The van der Waals surface area contributed by atoms with Crippen LogP contribution in [0.15, 0.2) is 12.5 Å². The predicted octanol–water partition coefficient (Wildman–Crippen LogP) is 5.46. The number of rotatable bonds is 9. The summed E-state index contributed by atoms with van der Waals surface area (Å²) in [4.78, 5) is 34.3. The largest absolute Gasteiger partial charge is 0.480 e. The summed E-state index contributed by atoms with van der Waals surface area (Å²) in [5.74, 6) is 6.79. The number of methoxy groups -OCH3 is 1. The Morgan fingerprint density at radius 2 is 1.72 bits per heavy atom. The zero-order valence-corrected chi connectivity index (χ0v) is 26.0. The maximum absolute atomic E-state index is 13.8. The van der Waals surface area contributed by atoms with Crippen LogP contribution in [0, 0.1) is 47.8 Å².